The summed E-state index contributed by atoms with van der Waals surface area (Å²) in [7, 11) is -3.95. The molecule has 0 spiro atoms. The number of halogens is 2. The van der Waals surface area contributed by atoms with Crippen molar-refractivity contribution < 1.29 is 17.6 Å². The Morgan fingerprint density at radius 1 is 1.20 bits per heavy atom. The quantitative estimate of drug-likeness (QED) is 0.646. The van der Waals surface area contributed by atoms with Crippen molar-refractivity contribution in [1.82, 2.24) is 19.1 Å². The molecule has 0 unspecified atom stereocenters. The minimum Gasteiger partial charge on any atom is -0.323 e. The molecule has 1 aliphatic rings. The molecule has 1 N–H and O–H groups in total. The van der Waals surface area contributed by atoms with Gasteiger partial charge < -0.3 is 5.32 Å². The van der Waals surface area contributed by atoms with E-state index in [1.54, 1.807) is 18.2 Å². The molecule has 1 aromatic heterocycles. The Kier molecular flexibility index (Phi) is 5.54. The molecule has 1 saturated heterocycles. The molecule has 11 heteroatoms. The van der Waals surface area contributed by atoms with E-state index < -0.39 is 27.8 Å². The van der Waals surface area contributed by atoms with Crippen molar-refractivity contribution in [2.45, 2.75) is 23.8 Å². The molecule has 2 aromatic carbocycles. The number of carbonyl (C=O) groups excluding carboxylic acids is 1. The molecule has 1 aliphatic heterocycles. The van der Waals surface area contributed by atoms with Crippen LogP contribution in [-0.2, 0) is 14.8 Å². The second kappa shape index (κ2) is 8.13. The van der Waals surface area contributed by atoms with Crippen LogP contribution < -0.4 is 5.32 Å². The van der Waals surface area contributed by atoms with E-state index in [4.69, 9.17) is 11.6 Å². The second-order valence-corrected chi connectivity index (χ2v) is 9.05. The van der Waals surface area contributed by atoms with E-state index in [1.165, 1.54) is 29.5 Å². The molecule has 156 valence electrons. The van der Waals surface area contributed by atoms with Crippen molar-refractivity contribution in [3.05, 3.63) is 66.0 Å². The molecule has 0 radical (unpaired) electrons. The van der Waals surface area contributed by atoms with E-state index in [2.05, 4.69) is 15.4 Å². The lowest BCUT2D eigenvalue weighted by molar-refractivity contribution is -0.119. The summed E-state index contributed by atoms with van der Waals surface area (Å²) in [5.41, 5.74) is 0.917. The molecule has 4 rings (SSSR count). The maximum Gasteiger partial charge on any atom is 0.243 e. The third-order valence-corrected chi connectivity index (χ3v) is 6.97. The fourth-order valence-electron chi connectivity index (χ4n) is 3.39. The van der Waals surface area contributed by atoms with Crippen molar-refractivity contribution in [2.24, 2.45) is 0 Å². The fraction of sp³-hybridized carbons (Fsp3) is 0.211. The highest BCUT2D eigenvalue weighted by atomic mass is 35.5. The number of aromatic nitrogens is 3. The van der Waals surface area contributed by atoms with Crippen LogP contribution in [-0.4, -0.2) is 46.0 Å². The molecular formula is C19H17ClFN5O3S. The molecule has 1 amide bonds. The number of benzene rings is 2. The maximum absolute atomic E-state index is 13.2. The maximum atomic E-state index is 13.2. The SMILES string of the molecule is O=C(Nc1cc(Cl)ccc1-n1cncn1)[C@@H]1CCCN1S(=O)(=O)c1ccc(F)cc1. The van der Waals surface area contributed by atoms with Gasteiger partial charge >= 0.3 is 0 Å². The first-order valence-corrected chi connectivity index (χ1v) is 10.9. The van der Waals surface area contributed by atoms with Gasteiger partial charge in [-0.15, -0.1) is 0 Å². The standard InChI is InChI=1S/C19H17ClFN5O3S/c20-13-3-8-17(25-12-22-11-23-25)16(10-13)24-19(27)18-2-1-9-26(18)30(28,29)15-6-4-14(21)5-7-15/h3-8,10-12,18H,1-2,9H2,(H,24,27)/t18-/m0/s1. The summed E-state index contributed by atoms with van der Waals surface area (Å²) in [6.45, 7) is 0.198. The molecule has 8 nitrogen and oxygen atoms in total. The Morgan fingerprint density at radius 3 is 2.67 bits per heavy atom. The zero-order valence-corrected chi connectivity index (χ0v) is 17.1. The van der Waals surface area contributed by atoms with E-state index in [-0.39, 0.29) is 11.4 Å². The predicted octanol–water partition coefficient (Wildman–Crippen LogP) is 2.85. The number of sulfonamides is 1. The third-order valence-electron chi connectivity index (χ3n) is 4.81. The lowest BCUT2D eigenvalue weighted by Crippen LogP contribution is -2.43. The Labute approximate surface area is 177 Å². The Balaban J connectivity index is 1.61. The minimum absolute atomic E-state index is 0.0605. The van der Waals surface area contributed by atoms with Gasteiger partial charge in [-0.1, -0.05) is 11.6 Å². The van der Waals surface area contributed by atoms with Crippen LogP contribution in [0.4, 0.5) is 10.1 Å². The van der Waals surface area contributed by atoms with Gasteiger partial charge in [0, 0.05) is 11.6 Å². The zero-order chi connectivity index (χ0) is 21.3. The van der Waals surface area contributed by atoms with Crippen LogP contribution in [0.3, 0.4) is 0 Å². The number of nitrogens with zero attached hydrogens (tertiary/aromatic N) is 4. The Morgan fingerprint density at radius 2 is 1.97 bits per heavy atom. The molecule has 0 saturated carbocycles. The monoisotopic (exact) mass is 449 g/mol. The largest absolute Gasteiger partial charge is 0.323 e. The summed E-state index contributed by atoms with van der Waals surface area (Å²) in [5.74, 6) is -1.02. The Hall–Kier alpha value is -2.82. The summed E-state index contributed by atoms with van der Waals surface area (Å²) >= 11 is 6.08. The molecule has 30 heavy (non-hydrogen) atoms. The smallest absolute Gasteiger partial charge is 0.243 e. The summed E-state index contributed by atoms with van der Waals surface area (Å²) in [4.78, 5) is 16.9. The van der Waals surface area contributed by atoms with Crippen LogP contribution in [0, 0.1) is 5.82 Å². The number of anilines is 1. The number of hydrogen-bond donors (Lipinski definition) is 1. The van der Waals surface area contributed by atoms with E-state index in [0.717, 1.165) is 16.4 Å². The van der Waals surface area contributed by atoms with Gasteiger partial charge in [0.15, 0.2) is 0 Å². The molecule has 3 aromatic rings. The van der Waals surface area contributed by atoms with E-state index in [0.29, 0.717) is 29.2 Å². The van der Waals surface area contributed by atoms with Gasteiger partial charge in [-0.25, -0.2) is 22.5 Å². The van der Waals surface area contributed by atoms with Gasteiger partial charge in [-0.2, -0.15) is 9.40 Å². The van der Waals surface area contributed by atoms with Crippen LogP contribution in [0.2, 0.25) is 5.02 Å². The molecule has 1 atom stereocenters. The molecule has 2 heterocycles. The first-order valence-electron chi connectivity index (χ1n) is 9.09. The van der Waals surface area contributed by atoms with Crippen LogP contribution in [0.5, 0.6) is 0 Å². The molecule has 0 aliphatic carbocycles. The zero-order valence-electron chi connectivity index (χ0n) is 15.6. The third kappa shape index (κ3) is 3.93. The summed E-state index contributed by atoms with van der Waals surface area (Å²) in [6.07, 6.45) is 3.73. The lowest BCUT2D eigenvalue weighted by Gasteiger charge is -2.24. The molecular weight excluding hydrogens is 433 g/mol. The van der Waals surface area contributed by atoms with Crippen molar-refractivity contribution >= 4 is 33.2 Å². The Bertz CT molecular complexity index is 1170. The topological polar surface area (TPSA) is 97.2 Å². The van der Waals surface area contributed by atoms with Crippen molar-refractivity contribution in [2.75, 3.05) is 11.9 Å². The van der Waals surface area contributed by atoms with Crippen LogP contribution in [0.25, 0.3) is 5.69 Å². The summed E-state index contributed by atoms with van der Waals surface area (Å²) in [5, 5.41) is 7.22. The van der Waals surface area contributed by atoms with Crippen LogP contribution in [0.15, 0.2) is 60.0 Å². The number of carbonyl (C=O) groups is 1. The second-order valence-electron chi connectivity index (χ2n) is 6.72. The highest BCUT2D eigenvalue weighted by Crippen LogP contribution is 2.29. The van der Waals surface area contributed by atoms with Gasteiger partial charge in [-0.3, -0.25) is 4.79 Å². The van der Waals surface area contributed by atoms with E-state index in [1.807, 2.05) is 0 Å². The first-order chi connectivity index (χ1) is 14.4. The summed E-state index contributed by atoms with van der Waals surface area (Å²) in [6, 6.07) is 8.52. The lowest BCUT2D eigenvalue weighted by atomic mass is 10.2. The summed E-state index contributed by atoms with van der Waals surface area (Å²) < 4.78 is 41.8. The number of nitrogens with one attached hydrogen (secondary N) is 1. The fourth-order valence-corrected chi connectivity index (χ4v) is 5.22. The molecule has 0 bridgehead atoms. The number of hydrogen-bond acceptors (Lipinski definition) is 5. The van der Waals surface area contributed by atoms with Crippen molar-refractivity contribution in [3.63, 3.8) is 0 Å². The minimum atomic E-state index is -3.95. The van der Waals surface area contributed by atoms with Crippen molar-refractivity contribution in [3.8, 4) is 5.69 Å². The normalized spacial score (nSPS) is 17.2. The van der Waals surface area contributed by atoms with E-state index in [9.17, 15) is 17.6 Å². The number of amides is 1. The van der Waals surface area contributed by atoms with Crippen molar-refractivity contribution in [1.29, 1.82) is 0 Å². The van der Waals surface area contributed by atoms with Gasteiger partial charge in [-0.05, 0) is 55.3 Å². The van der Waals surface area contributed by atoms with Crippen LogP contribution >= 0.6 is 11.6 Å². The van der Waals surface area contributed by atoms with Gasteiger partial charge in [0.25, 0.3) is 0 Å². The average Bonchev–Trinajstić information content (AvgIpc) is 3.41. The van der Waals surface area contributed by atoms with Gasteiger partial charge in [0.05, 0.1) is 16.3 Å². The first kappa shape index (κ1) is 20.5. The highest BCUT2D eigenvalue weighted by molar-refractivity contribution is 7.89. The number of rotatable bonds is 5. The molecule has 1 fully saturated rings. The predicted molar refractivity (Wildman–Crippen MR) is 108 cm³/mol. The van der Waals surface area contributed by atoms with Gasteiger partial charge in [0.1, 0.15) is 24.5 Å². The highest BCUT2D eigenvalue weighted by Gasteiger charge is 2.39. The van der Waals surface area contributed by atoms with Gasteiger partial charge in [0.2, 0.25) is 15.9 Å². The van der Waals surface area contributed by atoms with Crippen LogP contribution in [0.1, 0.15) is 12.8 Å². The van der Waals surface area contributed by atoms with E-state index >= 15 is 0 Å². The average molecular weight is 450 g/mol.